The molecule has 0 unspecified atom stereocenters. The first-order chi connectivity index (χ1) is 12.2. The second-order valence-electron chi connectivity index (χ2n) is 8.83. The Kier molecular flexibility index (Phi) is 8.30. The molecule has 1 heterocycles. The van der Waals surface area contributed by atoms with Crippen molar-refractivity contribution < 1.29 is 33.3 Å². The molecular formula is C20H37NO3SiW. The van der Waals surface area contributed by atoms with Crippen molar-refractivity contribution in [3.05, 3.63) is 11.3 Å². The third-order valence-electron chi connectivity index (χ3n) is 5.83. The van der Waals surface area contributed by atoms with Crippen molar-refractivity contribution in [1.82, 2.24) is 4.90 Å². The number of likely N-dealkylation sites (tertiary alicyclic amines) is 1. The molecule has 1 aliphatic carbocycles. The number of allylic oxidation sites excluding steroid dienone is 1. The molecule has 0 aromatic heterocycles. The third-order valence-corrected chi connectivity index (χ3v) is 8.43. The van der Waals surface area contributed by atoms with Gasteiger partial charge < -0.3 is 0 Å². The zero-order valence-electron chi connectivity index (χ0n) is 17.6. The van der Waals surface area contributed by atoms with Crippen LogP contribution in [0.2, 0.25) is 19.6 Å². The summed E-state index contributed by atoms with van der Waals surface area (Å²) in [6.07, 6.45) is 3.65. The minimum atomic E-state index is -1.55. The van der Waals surface area contributed by atoms with Gasteiger partial charge in [-0.2, -0.15) is 0 Å². The van der Waals surface area contributed by atoms with Crippen LogP contribution in [0.15, 0.2) is 11.3 Å². The van der Waals surface area contributed by atoms with Gasteiger partial charge in [0.2, 0.25) is 0 Å². The molecule has 0 saturated carbocycles. The van der Waals surface area contributed by atoms with Gasteiger partial charge in [-0.3, -0.25) is 0 Å². The summed E-state index contributed by atoms with van der Waals surface area (Å²) in [5, 5.41) is 0. The summed E-state index contributed by atoms with van der Waals surface area (Å²) in [5.74, 6) is 1.48. The van der Waals surface area contributed by atoms with Gasteiger partial charge in [0.05, 0.1) is 0 Å². The average molecular weight is 551 g/mol. The van der Waals surface area contributed by atoms with Gasteiger partial charge in [0, 0.05) is 0 Å². The Morgan fingerprint density at radius 1 is 1.23 bits per heavy atom. The molecule has 1 fully saturated rings. The van der Waals surface area contributed by atoms with E-state index in [4.69, 9.17) is 13.9 Å². The first-order valence-corrected chi connectivity index (χ1v) is 14.7. The van der Waals surface area contributed by atoms with Gasteiger partial charge >= 0.3 is 172 Å². The van der Waals surface area contributed by atoms with Crippen molar-refractivity contribution in [2.45, 2.75) is 58.8 Å². The topological polar surface area (TPSA) is 30.9 Å². The van der Waals surface area contributed by atoms with Crippen LogP contribution in [-0.4, -0.2) is 57.3 Å². The molecule has 0 aromatic carbocycles. The molecule has 1 saturated heterocycles. The van der Waals surface area contributed by atoms with Crippen molar-refractivity contribution in [2.75, 3.05) is 34.0 Å². The van der Waals surface area contributed by atoms with Gasteiger partial charge in [-0.25, -0.2) is 0 Å². The number of nitrogens with zero attached hydrogens (tertiary/aromatic N) is 1. The Balaban J connectivity index is 2.33. The van der Waals surface area contributed by atoms with Crippen LogP contribution in [0.5, 0.6) is 0 Å². The third kappa shape index (κ3) is 5.38. The van der Waals surface area contributed by atoms with Crippen LogP contribution in [-0.2, 0) is 33.3 Å². The number of rotatable bonds is 8. The normalized spacial score (nSPS) is 30.2. The molecule has 0 spiro atoms. The van der Waals surface area contributed by atoms with Gasteiger partial charge in [-0.05, 0) is 0 Å². The fraction of sp³-hybridized carbons (Fsp3) is 0.850. The molecular weight excluding hydrogens is 514 g/mol. The van der Waals surface area contributed by atoms with Gasteiger partial charge in [0.25, 0.3) is 0 Å². The predicted molar refractivity (Wildman–Crippen MR) is 106 cm³/mol. The summed E-state index contributed by atoms with van der Waals surface area (Å²) in [6, 6.07) is 0.533. The van der Waals surface area contributed by atoms with Crippen LogP contribution in [0.3, 0.4) is 0 Å². The first-order valence-electron chi connectivity index (χ1n) is 9.86. The number of hydrogen-bond donors (Lipinski definition) is 0. The van der Waals surface area contributed by atoms with E-state index in [1.807, 2.05) is 14.2 Å². The standard InChI is InChI=1S/C20H37NO3Si.W/c1-15-11-20(21-10-8-9-17(21)12-22-3)16(2)19(18(15)13-23-4)14-24-25(5,6)7;/h15,17-19H,8-12,14H2,1-7H3;/t15-,17-,18+,19-;/m0./s1. The van der Waals surface area contributed by atoms with Crippen molar-refractivity contribution in [2.24, 2.45) is 17.8 Å². The van der Waals surface area contributed by atoms with E-state index in [1.54, 1.807) is 5.70 Å². The Morgan fingerprint density at radius 2 is 1.92 bits per heavy atom. The van der Waals surface area contributed by atoms with E-state index in [-0.39, 0.29) is 0 Å². The molecule has 0 aromatic rings. The number of methoxy groups -OCH3 is 2. The van der Waals surface area contributed by atoms with E-state index >= 15 is 0 Å². The summed E-state index contributed by atoms with van der Waals surface area (Å²) in [5.41, 5.74) is 3.07. The molecule has 2 rings (SSSR count). The monoisotopic (exact) mass is 551 g/mol. The van der Waals surface area contributed by atoms with E-state index in [0.717, 1.165) is 26.2 Å². The Morgan fingerprint density at radius 3 is 2.50 bits per heavy atom. The van der Waals surface area contributed by atoms with Gasteiger partial charge in [-0.15, -0.1) is 0 Å². The van der Waals surface area contributed by atoms with E-state index < -0.39 is 8.32 Å². The van der Waals surface area contributed by atoms with Crippen LogP contribution in [0.25, 0.3) is 0 Å². The van der Waals surface area contributed by atoms with Crippen molar-refractivity contribution in [3.8, 4) is 0 Å². The number of hydrogen-bond acceptors (Lipinski definition) is 4. The summed E-state index contributed by atoms with van der Waals surface area (Å²) in [6.45, 7) is 14.4. The number of ether oxygens (including phenoxy) is 2. The molecule has 4 nitrogen and oxygen atoms in total. The summed E-state index contributed by atoms with van der Waals surface area (Å²) < 4.78 is 18.9. The molecule has 4 atom stereocenters. The molecule has 1 aliphatic heterocycles. The SMILES string of the molecule is COC[C@@H]1CCCN1C1=C(C)[C@H](CO[Si](C)(C)C)[C@H]([C](=[W])OC)[C@@H](C)C1. The maximum absolute atomic E-state index is 6.40. The first kappa shape index (κ1) is 22.5. The molecule has 2 aliphatic rings. The van der Waals surface area contributed by atoms with Crippen molar-refractivity contribution in [3.63, 3.8) is 0 Å². The van der Waals surface area contributed by atoms with E-state index in [1.165, 1.54) is 41.9 Å². The summed E-state index contributed by atoms with van der Waals surface area (Å²) in [7, 11) is 2.10. The Bertz CT molecular complexity index is 532. The van der Waals surface area contributed by atoms with E-state index in [0.29, 0.717) is 23.8 Å². The molecule has 0 bridgehead atoms. The van der Waals surface area contributed by atoms with Crippen LogP contribution < -0.4 is 0 Å². The summed E-state index contributed by atoms with van der Waals surface area (Å²) in [4.78, 5) is 2.64. The average Bonchev–Trinajstić information content (AvgIpc) is 3.02. The van der Waals surface area contributed by atoms with Crippen LogP contribution in [0, 0.1) is 17.8 Å². The zero-order valence-corrected chi connectivity index (χ0v) is 21.6. The maximum atomic E-state index is 6.40. The Labute approximate surface area is 172 Å². The fourth-order valence-corrected chi connectivity index (χ4v) is 6.58. The summed E-state index contributed by atoms with van der Waals surface area (Å²) >= 11 is 1.45. The fourth-order valence-electron chi connectivity index (χ4n) is 4.47. The molecule has 0 N–H and O–H groups in total. The van der Waals surface area contributed by atoms with Crippen LogP contribution in [0.1, 0.15) is 33.1 Å². The quantitative estimate of drug-likeness (QED) is 0.430. The van der Waals surface area contributed by atoms with Gasteiger partial charge in [0.1, 0.15) is 0 Å². The molecule has 26 heavy (non-hydrogen) atoms. The van der Waals surface area contributed by atoms with Crippen molar-refractivity contribution >= 4 is 12.4 Å². The minimum absolute atomic E-state index is 0.428. The predicted octanol–water partition coefficient (Wildman–Crippen LogP) is 3.82. The molecule has 150 valence electrons. The van der Waals surface area contributed by atoms with E-state index in [9.17, 15) is 0 Å². The molecule has 0 radical (unpaired) electrons. The van der Waals surface area contributed by atoms with Gasteiger partial charge in [-0.1, -0.05) is 0 Å². The van der Waals surface area contributed by atoms with Crippen molar-refractivity contribution in [1.29, 1.82) is 0 Å². The van der Waals surface area contributed by atoms with Crippen LogP contribution >= 0.6 is 0 Å². The van der Waals surface area contributed by atoms with Crippen LogP contribution in [0.4, 0.5) is 0 Å². The Hall–Kier alpha value is 0.195. The van der Waals surface area contributed by atoms with E-state index in [2.05, 4.69) is 38.4 Å². The molecule has 6 heteroatoms. The second-order valence-corrected chi connectivity index (χ2v) is 14.8. The second kappa shape index (κ2) is 9.60. The zero-order chi connectivity index (χ0) is 19.5. The van der Waals surface area contributed by atoms with Gasteiger partial charge in [0.15, 0.2) is 0 Å². The molecule has 0 amide bonds.